The van der Waals surface area contributed by atoms with Gasteiger partial charge in [0.05, 0.1) is 11.7 Å². The Morgan fingerprint density at radius 1 is 0.852 bits per heavy atom. The predicted octanol–water partition coefficient (Wildman–Crippen LogP) is 6.48. The Morgan fingerprint density at radius 3 is 2.19 bits per heavy atom. The molecule has 134 valence electrons. The molecule has 0 radical (unpaired) electrons. The van der Waals surface area contributed by atoms with Crippen LogP contribution in [0.15, 0.2) is 91.3 Å². The second-order valence-electron chi connectivity index (χ2n) is 7.92. The fraction of sp³-hybridized carbons (Fsp3) is 0.160. The number of hydrogen-bond acceptors (Lipinski definition) is 1. The van der Waals surface area contributed by atoms with Gasteiger partial charge in [-0.15, -0.1) is 0 Å². The molecule has 0 aliphatic carbocycles. The molecule has 0 aliphatic rings. The van der Waals surface area contributed by atoms with Gasteiger partial charge in [-0.3, -0.25) is 4.40 Å². The number of fused-ring (bicyclic) bond motifs is 1. The number of rotatable bonds is 3. The van der Waals surface area contributed by atoms with Crippen molar-refractivity contribution in [1.29, 1.82) is 0 Å². The second-order valence-corrected chi connectivity index (χ2v) is 7.92. The van der Waals surface area contributed by atoms with Crippen LogP contribution in [0.2, 0.25) is 0 Å². The number of hydrogen-bond donors (Lipinski definition) is 0. The molecule has 0 saturated carbocycles. The molecule has 0 amide bonds. The van der Waals surface area contributed by atoms with Crippen molar-refractivity contribution in [2.75, 3.05) is 0 Å². The monoisotopic (exact) mass is 352 g/mol. The Kier molecular flexibility index (Phi) is 4.41. The fourth-order valence-electron chi connectivity index (χ4n) is 3.42. The molecule has 0 spiro atoms. The lowest BCUT2D eigenvalue weighted by Gasteiger charge is -2.18. The van der Waals surface area contributed by atoms with E-state index in [0.717, 1.165) is 16.9 Å². The molecule has 0 saturated heterocycles. The van der Waals surface area contributed by atoms with Crippen LogP contribution in [0.25, 0.3) is 22.5 Å². The van der Waals surface area contributed by atoms with Crippen LogP contribution < -0.4 is 0 Å². The summed E-state index contributed by atoms with van der Waals surface area (Å²) in [6.07, 6.45) is 6.43. The molecular weight excluding hydrogens is 328 g/mol. The minimum Gasteiger partial charge on any atom is -0.299 e. The maximum Gasteiger partial charge on any atom is 0.144 e. The van der Waals surface area contributed by atoms with E-state index in [4.69, 9.17) is 4.98 Å². The average Bonchev–Trinajstić information content (AvgIpc) is 3.11. The topological polar surface area (TPSA) is 17.3 Å². The predicted molar refractivity (Wildman–Crippen MR) is 114 cm³/mol. The van der Waals surface area contributed by atoms with Gasteiger partial charge in [-0.1, -0.05) is 93.6 Å². The number of aromatic nitrogens is 2. The first-order valence-electron chi connectivity index (χ1n) is 9.33. The third kappa shape index (κ3) is 3.56. The number of imidazole rings is 1. The molecule has 0 aliphatic heterocycles. The summed E-state index contributed by atoms with van der Waals surface area (Å²) in [5.74, 6) is 0.968. The van der Waals surface area contributed by atoms with E-state index in [1.165, 1.54) is 16.7 Å². The van der Waals surface area contributed by atoms with Crippen LogP contribution in [0.1, 0.15) is 31.9 Å². The van der Waals surface area contributed by atoms with Gasteiger partial charge in [0, 0.05) is 17.3 Å². The summed E-state index contributed by atoms with van der Waals surface area (Å²) in [4.78, 5) is 4.73. The molecule has 2 aromatic carbocycles. The normalized spacial score (nSPS) is 12.5. The van der Waals surface area contributed by atoms with Crippen molar-refractivity contribution >= 4 is 11.1 Å². The highest BCUT2D eigenvalue weighted by molar-refractivity contribution is 5.88. The summed E-state index contributed by atoms with van der Waals surface area (Å²) in [6.45, 7) is 6.71. The zero-order valence-corrected chi connectivity index (χ0v) is 16.1. The lowest BCUT2D eigenvalue weighted by atomic mass is 9.88. The van der Waals surface area contributed by atoms with Crippen molar-refractivity contribution in [1.82, 2.24) is 9.38 Å². The van der Waals surface area contributed by atoms with Crippen LogP contribution in [-0.2, 0) is 0 Å². The van der Waals surface area contributed by atoms with Crippen molar-refractivity contribution in [3.8, 4) is 11.4 Å². The zero-order chi connectivity index (χ0) is 18.9. The van der Waals surface area contributed by atoms with Crippen molar-refractivity contribution in [3.05, 3.63) is 102 Å². The highest BCUT2D eigenvalue weighted by atomic mass is 15.0. The molecule has 27 heavy (non-hydrogen) atoms. The summed E-state index contributed by atoms with van der Waals surface area (Å²) >= 11 is 0. The van der Waals surface area contributed by atoms with Gasteiger partial charge in [-0.05, 0) is 22.6 Å². The Labute approximate surface area is 160 Å². The van der Waals surface area contributed by atoms with Gasteiger partial charge in [0.2, 0.25) is 0 Å². The van der Waals surface area contributed by atoms with Crippen molar-refractivity contribution in [2.24, 2.45) is 5.41 Å². The summed E-state index contributed by atoms with van der Waals surface area (Å²) in [7, 11) is 0. The molecule has 4 aromatic rings. The van der Waals surface area contributed by atoms with Crippen LogP contribution in [-0.4, -0.2) is 9.38 Å². The maximum atomic E-state index is 4.73. The van der Waals surface area contributed by atoms with Crippen LogP contribution in [0.3, 0.4) is 0 Å². The quantitative estimate of drug-likeness (QED) is 0.412. The van der Waals surface area contributed by atoms with E-state index in [0.29, 0.717) is 0 Å². The number of nitrogens with zero attached hydrogens (tertiary/aromatic N) is 2. The second kappa shape index (κ2) is 6.88. The largest absolute Gasteiger partial charge is 0.299 e. The highest BCUT2D eigenvalue weighted by Gasteiger charge is 2.16. The van der Waals surface area contributed by atoms with Gasteiger partial charge in [0.25, 0.3) is 0 Å². The van der Waals surface area contributed by atoms with Crippen LogP contribution >= 0.6 is 0 Å². The average molecular weight is 352 g/mol. The first-order valence-corrected chi connectivity index (χ1v) is 9.33. The van der Waals surface area contributed by atoms with E-state index in [9.17, 15) is 0 Å². The van der Waals surface area contributed by atoms with Crippen molar-refractivity contribution < 1.29 is 0 Å². The Morgan fingerprint density at radius 2 is 1.52 bits per heavy atom. The summed E-state index contributed by atoms with van der Waals surface area (Å²) in [5, 5.41) is 0. The van der Waals surface area contributed by atoms with Gasteiger partial charge in [-0.2, -0.15) is 0 Å². The van der Waals surface area contributed by atoms with E-state index in [-0.39, 0.29) is 5.41 Å². The number of benzene rings is 2. The first kappa shape index (κ1) is 17.3. The number of allylic oxidation sites excluding steroid dienone is 1. The van der Waals surface area contributed by atoms with E-state index in [1.807, 2.05) is 12.3 Å². The Hall–Kier alpha value is -3.13. The van der Waals surface area contributed by atoms with E-state index in [2.05, 4.69) is 104 Å². The third-order valence-electron chi connectivity index (χ3n) is 4.56. The van der Waals surface area contributed by atoms with E-state index < -0.39 is 0 Å². The molecule has 2 heteroatoms. The Balaban J connectivity index is 1.94. The zero-order valence-electron chi connectivity index (χ0n) is 16.1. The van der Waals surface area contributed by atoms with Gasteiger partial charge in [0.1, 0.15) is 5.82 Å². The molecular formula is C25H24N2. The summed E-state index contributed by atoms with van der Waals surface area (Å²) in [6, 6.07) is 25.2. The van der Waals surface area contributed by atoms with Gasteiger partial charge >= 0.3 is 0 Å². The first-order chi connectivity index (χ1) is 13.0. The van der Waals surface area contributed by atoms with Gasteiger partial charge in [0.15, 0.2) is 0 Å². The van der Waals surface area contributed by atoms with Crippen LogP contribution in [0, 0.1) is 5.41 Å². The summed E-state index contributed by atoms with van der Waals surface area (Å²) in [5.41, 5.74) is 5.98. The smallest absolute Gasteiger partial charge is 0.144 e. The minimum atomic E-state index is 0.0697. The molecule has 2 heterocycles. The highest BCUT2D eigenvalue weighted by Crippen LogP contribution is 2.33. The molecule has 2 aromatic heterocycles. The molecule has 0 fully saturated rings. The summed E-state index contributed by atoms with van der Waals surface area (Å²) < 4.78 is 2.18. The lowest BCUT2D eigenvalue weighted by Crippen LogP contribution is -2.03. The van der Waals surface area contributed by atoms with Gasteiger partial charge < -0.3 is 0 Å². The van der Waals surface area contributed by atoms with E-state index >= 15 is 0 Å². The number of pyridine rings is 1. The molecule has 0 unspecified atom stereocenters. The third-order valence-corrected chi connectivity index (χ3v) is 4.56. The minimum absolute atomic E-state index is 0.0697. The Bertz CT molecular complexity index is 1080. The van der Waals surface area contributed by atoms with Crippen LogP contribution in [0.5, 0.6) is 0 Å². The molecule has 2 nitrogen and oxygen atoms in total. The van der Waals surface area contributed by atoms with Crippen molar-refractivity contribution in [2.45, 2.75) is 20.8 Å². The standard InChI is InChI=1S/C25H24N2/c1-25(2,3)17-22(19-11-6-4-7-12-19)21-15-10-16-27-23(21)18-26-24(27)20-13-8-5-9-14-20/h4-18H,1-3H3/b22-17+. The SMILES string of the molecule is CC(C)(C)/C=C(\c1ccccc1)c1cccn2c(-c3ccccc3)ncc12. The molecule has 0 bridgehead atoms. The fourth-order valence-corrected chi connectivity index (χ4v) is 3.42. The van der Waals surface area contributed by atoms with Crippen molar-refractivity contribution in [3.63, 3.8) is 0 Å². The van der Waals surface area contributed by atoms with Crippen LogP contribution in [0.4, 0.5) is 0 Å². The molecule has 0 N–H and O–H groups in total. The van der Waals surface area contributed by atoms with E-state index in [1.54, 1.807) is 0 Å². The molecule has 4 rings (SSSR count). The van der Waals surface area contributed by atoms with Gasteiger partial charge in [-0.25, -0.2) is 4.98 Å². The maximum absolute atomic E-state index is 4.73. The lowest BCUT2D eigenvalue weighted by molar-refractivity contribution is 0.546. The molecule has 0 atom stereocenters.